The van der Waals surface area contributed by atoms with Gasteiger partial charge in [0.2, 0.25) is 5.78 Å². The van der Waals surface area contributed by atoms with Crippen LogP contribution in [-0.2, 0) is 6.54 Å². The Bertz CT molecular complexity index is 1360. The first-order valence-electron chi connectivity index (χ1n) is 12.6. The molecule has 0 atom stereocenters. The van der Waals surface area contributed by atoms with E-state index in [9.17, 15) is 4.79 Å². The molecule has 3 aromatic heterocycles. The highest BCUT2D eigenvalue weighted by molar-refractivity contribution is 6.08. The maximum absolute atomic E-state index is 13.3. The predicted molar refractivity (Wildman–Crippen MR) is 143 cm³/mol. The van der Waals surface area contributed by atoms with Gasteiger partial charge in [0.25, 0.3) is 0 Å². The van der Waals surface area contributed by atoms with Gasteiger partial charge in [-0.15, -0.1) is 0 Å². The van der Waals surface area contributed by atoms with Crippen molar-refractivity contribution in [3.63, 3.8) is 0 Å². The fourth-order valence-electron chi connectivity index (χ4n) is 4.80. The van der Waals surface area contributed by atoms with Gasteiger partial charge in [0.1, 0.15) is 0 Å². The van der Waals surface area contributed by atoms with Crippen molar-refractivity contribution >= 4 is 22.5 Å². The molecule has 0 bridgehead atoms. The fourth-order valence-corrected chi connectivity index (χ4v) is 4.80. The predicted octanol–water partition coefficient (Wildman–Crippen LogP) is 3.89. The van der Waals surface area contributed by atoms with Gasteiger partial charge in [0.05, 0.1) is 16.7 Å². The number of rotatable bonds is 8. The zero-order valence-corrected chi connectivity index (χ0v) is 21.2. The maximum atomic E-state index is 13.3. The van der Waals surface area contributed by atoms with Crippen LogP contribution in [0.2, 0.25) is 0 Å². The molecule has 0 aliphatic carbocycles. The van der Waals surface area contributed by atoms with Crippen LogP contribution in [0.25, 0.3) is 22.3 Å². The lowest BCUT2D eigenvalue weighted by molar-refractivity contribution is 0.103. The quantitative estimate of drug-likeness (QED) is 0.368. The van der Waals surface area contributed by atoms with E-state index in [-0.39, 0.29) is 5.78 Å². The summed E-state index contributed by atoms with van der Waals surface area (Å²) in [7, 11) is 4.31. The Morgan fingerprint density at radius 3 is 2.75 bits per heavy atom. The van der Waals surface area contributed by atoms with Crippen molar-refractivity contribution < 1.29 is 4.79 Å². The van der Waals surface area contributed by atoms with Crippen molar-refractivity contribution in [2.24, 2.45) is 0 Å². The molecule has 0 spiro atoms. The second-order valence-electron chi connectivity index (χ2n) is 9.59. The summed E-state index contributed by atoms with van der Waals surface area (Å²) in [4.78, 5) is 34.7. The molecule has 186 valence electrons. The van der Waals surface area contributed by atoms with Gasteiger partial charge in [-0.25, -0.2) is 4.98 Å². The molecule has 1 aliphatic rings. The lowest BCUT2D eigenvalue weighted by Gasteiger charge is -2.36. The van der Waals surface area contributed by atoms with Crippen molar-refractivity contribution in [3.05, 3.63) is 71.9 Å². The van der Waals surface area contributed by atoms with Gasteiger partial charge >= 0.3 is 0 Å². The number of H-pyrrole nitrogens is 1. The monoisotopic (exact) mass is 483 g/mol. The van der Waals surface area contributed by atoms with Crippen LogP contribution in [-0.4, -0.2) is 70.4 Å². The third kappa shape index (κ3) is 5.15. The van der Waals surface area contributed by atoms with Crippen molar-refractivity contribution in [2.45, 2.75) is 32.4 Å². The van der Waals surface area contributed by atoms with Crippen molar-refractivity contribution in [1.29, 1.82) is 0 Å². The Morgan fingerprint density at radius 2 is 1.97 bits per heavy atom. The minimum atomic E-state index is -0.153. The molecule has 1 aliphatic heterocycles. The third-order valence-electron chi connectivity index (χ3n) is 6.93. The van der Waals surface area contributed by atoms with Gasteiger partial charge < -0.3 is 20.1 Å². The summed E-state index contributed by atoms with van der Waals surface area (Å²) in [5, 5.41) is 3.31. The normalized spacial score (nSPS) is 14.6. The number of nitrogens with zero attached hydrogens (tertiary/aromatic N) is 5. The topological polar surface area (TPSA) is 90.0 Å². The van der Waals surface area contributed by atoms with Crippen molar-refractivity contribution in [3.8, 4) is 11.3 Å². The highest BCUT2D eigenvalue weighted by Crippen LogP contribution is 2.26. The number of ketones is 1. The van der Waals surface area contributed by atoms with Crippen LogP contribution in [0.4, 0.5) is 5.69 Å². The van der Waals surface area contributed by atoms with Crippen LogP contribution in [0.1, 0.15) is 41.5 Å². The minimum Gasteiger partial charge on any atom is -0.371 e. The van der Waals surface area contributed by atoms with Crippen LogP contribution in [0.15, 0.2) is 55.0 Å². The van der Waals surface area contributed by atoms with Crippen molar-refractivity contribution in [2.75, 3.05) is 38.6 Å². The van der Waals surface area contributed by atoms with E-state index in [0.29, 0.717) is 23.1 Å². The van der Waals surface area contributed by atoms with Crippen LogP contribution in [0.5, 0.6) is 0 Å². The van der Waals surface area contributed by atoms with Gasteiger partial charge in [0.15, 0.2) is 5.82 Å². The summed E-state index contributed by atoms with van der Waals surface area (Å²) in [5.74, 6) is 0.185. The molecule has 4 heterocycles. The van der Waals surface area contributed by atoms with E-state index in [1.54, 1.807) is 18.5 Å². The summed E-state index contributed by atoms with van der Waals surface area (Å²) < 4.78 is 0. The number of fused-ring (bicyclic) bond motifs is 1. The number of piperidine rings is 1. The summed E-state index contributed by atoms with van der Waals surface area (Å²) in [6.45, 7) is 5.75. The van der Waals surface area contributed by atoms with Gasteiger partial charge in [-0.1, -0.05) is 6.92 Å². The van der Waals surface area contributed by atoms with Crippen LogP contribution < -0.4 is 10.2 Å². The molecule has 1 aromatic carbocycles. The summed E-state index contributed by atoms with van der Waals surface area (Å²) in [6, 6.07) is 12.4. The zero-order chi connectivity index (χ0) is 25.1. The van der Waals surface area contributed by atoms with Crippen LogP contribution in [0.3, 0.4) is 0 Å². The molecule has 8 nitrogen and oxygen atoms in total. The average molecular weight is 484 g/mol. The summed E-state index contributed by atoms with van der Waals surface area (Å²) >= 11 is 0. The SMILES string of the molecule is CCNCc1cncc(-c2cc(C(=O)c3nc4ccc(N5CCC(N(C)C)CC5)cc4[nH]3)ccn2)c1. The van der Waals surface area contributed by atoms with Gasteiger partial charge in [-0.05, 0) is 75.4 Å². The molecule has 5 rings (SSSR count). The van der Waals surface area contributed by atoms with E-state index in [1.807, 2.05) is 18.3 Å². The molecule has 36 heavy (non-hydrogen) atoms. The summed E-state index contributed by atoms with van der Waals surface area (Å²) in [5.41, 5.74) is 6.05. The van der Waals surface area contributed by atoms with E-state index in [2.05, 4.69) is 74.3 Å². The number of aromatic amines is 1. The molecular formula is C28H33N7O. The first kappa shape index (κ1) is 24.1. The van der Waals surface area contributed by atoms with E-state index in [0.717, 1.165) is 61.2 Å². The molecular weight excluding hydrogens is 450 g/mol. The number of carbonyl (C=O) groups is 1. The molecule has 2 N–H and O–H groups in total. The molecule has 0 radical (unpaired) electrons. The van der Waals surface area contributed by atoms with Gasteiger partial charge in [-0.3, -0.25) is 14.8 Å². The third-order valence-corrected chi connectivity index (χ3v) is 6.93. The number of hydrogen-bond acceptors (Lipinski definition) is 7. The van der Waals surface area contributed by atoms with E-state index < -0.39 is 0 Å². The van der Waals surface area contributed by atoms with Crippen molar-refractivity contribution in [1.82, 2.24) is 30.2 Å². The first-order chi connectivity index (χ1) is 17.5. The number of anilines is 1. The Balaban J connectivity index is 1.35. The highest BCUT2D eigenvalue weighted by Gasteiger charge is 2.22. The van der Waals surface area contributed by atoms with Crippen LogP contribution in [0, 0.1) is 0 Å². The lowest BCUT2D eigenvalue weighted by Crippen LogP contribution is -2.41. The highest BCUT2D eigenvalue weighted by atomic mass is 16.1. The number of benzene rings is 1. The number of imidazole rings is 1. The molecule has 0 saturated carbocycles. The number of nitrogens with one attached hydrogen (secondary N) is 2. The van der Waals surface area contributed by atoms with Gasteiger partial charge in [0, 0.05) is 61.1 Å². The Morgan fingerprint density at radius 1 is 1.14 bits per heavy atom. The lowest BCUT2D eigenvalue weighted by atomic mass is 10.0. The van der Waals surface area contributed by atoms with Gasteiger partial charge in [-0.2, -0.15) is 0 Å². The molecule has 0 unspecified atom stereocenters. The minimum absolute atomic E-state index is 0.153. The second kappa shape index (κ2) is 10.6. The number of pyridine rings is 2. The molecule has 1 saturated heterocycles. The second-order valence-corrected chi connectivity index (χ2v) is 9.59. The molecule has 0 amide bonds. The van der Waals surface area contributed by atoms with E-state index in [4.69, 9.17) is 0 Å². The summed E-state index contributed by atoms with van der Waals surface area (Å²) in [6.07, 6.45) is 7.58. The largest absolute Gasteiger partial charge is 0.371 e. The van der Waals surface area contributed by atoms with E-state index in [1.165, 1.54) is 5.69 Å². The Hall–Kier alpha value is -3.62. The molecule has 1 fully saturated rings. The zero-order valence-electron chi connectivity index (χ0n) is 21.2. The Labute approximate surface area is 211 Å². The van der Waals surface area contributed by atoms with E-state index >= 15 is 0 Å². The first-order valence-corrected chi connectivity index (χ1v) is 12.6. The molecule has 8 heteroatoms. The number of hydrogen-bond donors (Lipinski definition) is 2. The number of aromatic nitrogens is 4. The van der Waals surface area contributed by atoms with Crippen LogP contribution >= 0.6 is 0 Å². The fraction of sp³-hybridized carbons (Fsp3) is 0.357. The smallest absolute Gasteiger partial charge is 0.228 e. The standard InChI is InChI=1S/C28H33N7O/c1-4-29-16-19-13-21(18-30-17-19)25-14-20(7-10-31-25)27(36)28-32-24-6-5-23(15-26(24)33-28)35-11-8-22(9-12-35)34(2)3/h5-7,10,13-15,17-18,22,29H,4,8-9,11-12,16H2,1-3H3,(H,32,33). The number of carbonyl (C=O) groups excluding carboxylic acids is 1. The Kier molecular flexibility index (Phi) is 7.06. The maximum Gasteiger partial charge on any atom is 0.228 e. The molecule has 4 aromatic rings. The average Bonchev–Trinajstić information content (AvgIpc) is 3.35.